The lowest BCUT2D eigenvalue weighted by Gasteiger charge is -2.15. The molecule has 0 aliphatic carbocycles. The van der Waals surface area contributed by atoms with Crippen molar-refractivity contribution in [3.05, 3.63) is 40.9 Å². The van der Waals surface area contributed by atoms with Gasteiger partial charge >= 0.3 is 0 Å². The van der Waals surface area contributed by atoms with Crippen molar-refractivity contribution in [2.24, 2.45) is 0 Å². The Bertz CT molecular complexity index is 802. The summed E-state index contributed by atoms with van der Waals surface area (Å²) in [5, 5.41) is 7.19. The number of anilines is 1. The quantitative estimate of drug-likeness (QED) is 0.640. The zero-order valence-corrected chi connectivity index (χ0v) is 17.3. The summed E-state index contributed by atoms with van der Waals surface area (Å²) in [6, 6.07) is 9.24. The third-order valence-electron chi connectivity index (χ3n) is 3.87. The highest BCUT2D eigenvalue weighted by Crippen LogP contribution is 2.35. The Hall–Kier alpha value is -2.38. The largest absolute Gasteiger partial charge is 0.495 e. The van der Waals surface area contributed by atoms with Crippen molar-refractivity contribution in [3.8, 4) is 23.0 Å². The molecule has 0 bridgehead atoms. The van der Waals surface area contributed by atoms with E-state index < -0.39 is 0 Å². The summed E-state index contributed by atoms with van der Waals surface area (Å²) in [6.45, 7) is 0.646. The van der Waals surface area contributed by atoms with Crippen LogP contribution >= 0.6 is 23.8 Å². The van der Waals surface area contributed by atoms with E-state index >= 15 is 0 Å². The standard InChI is InChI=1S/C19H23ClN2O4S/c1-23-15-6-5-12(9-18(15)26-4)7-8-21-19(27)22-14-10-13(20)16(24-2)11-17(14)25-3/h5-6,9-11H,7-8H2,1-4H3,(H2,21,22,27). The Morgan fingerprint density at radius 1 is 0.889 bits per heavy atom. The lowest BCUT2D eigenvalue weighted by atomic mass is 10.1. The highest BCUT2D eigenvalue weighted by Gasteiger charge is 2.11. The molecule has 27 heavy (non-hydrogen) atoms. The van der Waals surface area contributed by atoms with E-state index in [4.69, 9.17) is 42.8 Å². The second-order valence-electron chi connectivity index (χ2n) is 5.51. The number of benzene rings is 2. The highest BCUT2D eigenvalue weighted by atomic mass is 35.5. The maximum atomic E-state index is 6.17. The van der Waals surface area contributed by atoms with Gasteiger partial charge in [-0.3, -0.25) is 0 Å². The van der Waals surface area contributed by atoms with Crippen molar-refractivity contribution < 1.29 is 18.9 Å². The lowest BCUT2D eigenvalue weighted by Crippen LogP contribution is -2.30. The molecule has 0 aromatic heterocycles. The van der Waals surface area contributed by atoms with Crippen LogP contribution in [0.3, 0.4) is 0 Å². The van der Waals surface area contributed by atoms with Crippen LogP contribution in [-0.4, -0.2) is 40.1 Å². The number of nitrogens with one attached hydrogen (secondary N) is 2. The number of thiocarbonyl (C=S) groups is 1. The first kappa shape index (κ1) is 20.9. The Morgan fingerprint density at radius 2 is 1.56 bits per heavy atom. The second kappa shape index (κ2) is 10.1. The predicted octanol–water partition coefficient (Wildman–Crippen LogP) is 3.90. The first-order valence-corrected chi connectivity index (χ1v) is 8.98. The number of hydrogen-bond donors (Lipinski definition) is 2. The number of ether oxygens (including phenoxy) is 4. The fourth-order valence-corrected chi connectivity index (χ4v) is 2.93. The van der Waals surface area contributed by atoms with Crippen LogP contribution in [0.2, 0.25) is 5.02 Å². The zero-order chi connectivity index (χ0) is 19.8. The zero-order valence-electron chi connectivity index (χ0n) is 15.7. The fourth-order valence-electron chi connectivity index (χ4n) is 2.48. The van der Waals surface area contributed by atoms with E-state index in [0.29, 0.717) is 45.4 Å². The third-order valence-corrected chi connectivity index (χ3v) is 4.41. The van der Waals surface area contributed by atoms with Gasteiger partial charge in [-0.25, -0.2) is 0 Å². The first-order chi connectivity index (χ1) is 13.0. The molecule has 0 saturated heterocycles. The maximum absolute atomic E-state index is 6.17. The lowest BCUT2D eigenvalue weighted by molar-refractivity contribution is 0.354. The minimum Gasteiger partial charge on any atom is -0.495 e. The molecule has 146 valence electrons. The minimum atomic E-state index is 0.467. The van der Waals surface area contributed by atoms with Crippen LogP contribution in [0.4, 0.5) is 5.69 Å². The summed E-state index contributed by atoms with van der Waals surface area (Å²) in [7, 11) is 6.35. The van der Waals surface area contributed by atoms with Crippen LogP contribution < -0.4 is 29.6 Å². The van der Waals surface area contributed by atoms with E-state index in [9.17, 15) is 0 Å². The average molecular weight is 411 g/mol. The van der Waals surface area contributed by atoms with Crippen molar-refractivity contribution in [3.63, 3.8) is 0 Å². The van der Waals surface area contributed by atoms with Gasteiger partial charge < -0.3 is 29.6 Å². The smallest absolute Gasteiger partial charge is 0.170 e. The molecule has 0 saturated carbocycles. The molecule has 2 aromatic rings. The van der Waals surface area contributed by atoms with Crippen LogP contribution in [0, 0.1) is 0 Å². The molecule has 8 heteroatoms. The van der Waals surface area contributed by atoms with E-state index in [1.54, 1.807) is 40.6 Å². The van der Waals surface area contributed by atoms with E-state index in [2.05, 4.69) is 10.6 Å². The monoisotopic (exact) mass is 410 g/mol. The molecular formula is C19H23ClN2O4S. The van der Waals surface area contributed by atoms with Crippen molar-refractivity contribution >= 4 is 34.6 Å². The van der Waals surface area contributed by atoms with Crippen LogP contribution in [0.15, 0.2) is 30.3 Å². The highest BCUT2D eigenvalue weighted by molar-refractivity contribution is 7.80. The van der Waals surface area contributed by atoms with Gasteiger partial charge in [0.15, 0.2) is 16.6 Å². The summed E-state index contributed by atoms with van der Waals surface area (Å²) in [4.78, 5) is 0. The normalized spacial score (nSPS) is 10.1. The molecule has 0 amide bonds. The molecule has 0 heterocycles. The van der Waals surface area contributed by atoms with Crippen molar-refractivity contribution in [1.82, 2.24) is 5.32 Å². The van der Waals surface area contributed by atoms with E-state index in [1.165, 1.54) is 0 Å². The molecule has 0 unspecified atom stereocenters. The third kappa shape index (κ3) is 5.55. The first-order valence-electron chi connectivity index (χ1n) is 8.19. The minimum absolute atomic E-state index is 0.467. The number of methoxy groups -OCH3 is 4. The molecule has 2 aromatic carbocycles. The van der Waals surface area contributed by atoms with E-state index in [0.717, 1.165) is 12.0 Å². The molecule has 0 radical (unpaired) electrons. The van der Waals surface area contributed by atoms with Gasteiger partial charge in [0, 0.05) is 12.6 Å². The van der Waals surface area contributed by atoms with Crippen LogP contribution in [0.25, 0.3) is 0 Å². The average Bonchev–Trinajstić information content (AvgIpc) is 2.68. The molecule has 0 aliphatic heterocycles. The topological polar surface area (TPSA) is 61.0 Å². The molecular weight excluding hydrogens is 388 g/mol. The molecule has 0 atom stereocenters. The number of halogens is 1. The number of hydrogen-bond acceptors (Lipinski definition) is 5. The summed E-state index contributed by atoms with van der Waals surface area (Å²) in [6.07, 6.45) is 0.767. The van der Waals surface area contributed by atoms with Gasteiger partial charge in [-0.15, -0.1) is 0 Å². The van der Waals surface area contributed by atoms with Gasteiger partial charge in [0.2, 0.25) is 0 Å². The van der Waals surface area contributed by atoms with Gasteiger partial charge in [-0.1, -0.05) is 17.7 Å². The van der Waals surface area contributed by atoms with Gasteiger partial charge in [0.25, 0.3) is 0 Å². The van der Waals surface area contributed by atoms with Gasteiger partial charge in [-0.2, -0.15) is 0 Å². The maximum Gasteiger partial charge on any atom is 0.170 e. The van der Waals surface area contributed by atoms with Crippen LogP contribution in [-0.2, 0) is 6.42 Å². The molecule has 0 spiro atoms. The predicted molar refractivity (Wildman–Crippen MR) is 112 cm³/mol. The summed E-state index contributed by atoms with van der Waals surface area (Å²) >= 11 is 11.5. The van der Waals surface area contributed by atoms with Gasteiger partial charge in [0.05, 0.1) is 39.1 Å². The molecule has 6 nitrogen and oxygen atoms in total. The summed E-state index contributed by atoms with van der Waals surface area (Å²) in [5.74, 6) is 2.52. The second-order valence-corrected chi connectivity index (χ2v) is 6.32. The summed E-state index contributed by atoms with van der Waals surface area (Å²) < 4.78 is 21.1. The Morgan fingerprint density at radius 3 is 2.19 bits per heavy atom. The van der Waals surface area contributed by atoms with Crippen molar-refractivity contribution in [2.75, 3.05) is 40.3 Å². The molecule has 0 fully saturated rings. The molecule has 0 aliphatic rings. The number of rotatable bonds is 8. The SMILES string of the molecule is COc1cc(OC)c(NC(=S)NCCc2ccc(OC)c(OC)c2)cc1Cl. The van der Waals surface area contributed by atoms with Gasteiger partial charge in [0.1, 0.15) is 11.5 Å². The van der Waals surface area contributed by atoms with Crippen LogP contribution in [0.1, 0.15) is 5.56 Å². The van der Waals surface area contributed by atoms with E-state index in [1.807, 2.05) is 18.2 Å². The Balaban J connectivity index is 1.94. The van der Waals surface area contributed by atoms with Crippen molar-refractivity contribution in [2.45, 2.75) is 6.42 Å². The molecule has 2 rings (SSSR count). The Labute approximate surface area is 169 Å². The van der Waals surface area contributed by atoms with Gasteiger partial charge in [-0.05, 0) is 42.4 Å². The fraction of sp³-hybridized carbons (Fsp3) is 0.316. The van der Waals surface area contributed by atoms with Crippen molar-refractivity contribution in [1.29, 1.82) is 0 Å². The Kier molecular flexibility index (Phi) is 7.82. The van der Waals surface area contributed by atoms with Crippen LogP contribution in [0.5, 0.6) is 23.0 Å². The molecule has 2 N–H and O–H groups in total. The summed E-state index contributed by atoms with van der Waals surface area (Å²) in [5.41, 5.74) is 1.76. The van der Waals surface area contributed by atoms with E-state index in [-0.39, 0.29) is 0 Å².